The summed E-state index contributed by atoms with van der Waals surface area (Å²) in [6.45, 7) is 1.83. The summed E-state index contributed by atoms with van der Waals surface area (Å²) in [5.74, 6) is 1.33. The van der Waals surface area contributed by atoms with Crippen molar-refractivity contribution in [1.82, 2.24) is 14.7 Å². The van der Waals surface area contributed by atoms with Gasteiger partial charge >= 0.3 is 6.03 Å². The first kappa shape index (κ1) is 24.9. The zero-order valence-electron chi connectivity index (χ0n) is 20.8. The van der Waals surface area contributed by atoms with Gasteiger partial charge in [0, 0.05) is 18.6 Å². The Morgan fingerprint density at radius 2 is 1.68 bits per heavy atom. The van der Waals surface area contributed by atoms with Crippen LogP contribution in [-0.2, 0) is 23.3 Å². The number of hydrogen-bond acceptors (Lipinski definition) is 4. The molecule has 184 valence electrons. The number of nitrogens with zero attached hydrogens (tertiary/aromatic N) is 3. The van der Waals surface area contributed by atoms with Gasteiger partial charge in [-0.3, -0.25) is 4.90 Å². The van der Waals surface area contributed by atoms with Crippen LogP contribution in [0.2, 0.25) is 0 Å². The van der Waals surface area contributed by atoms with Crippen LogP contribution in [0.3, 0.4) is 0 Å². The molecule has 2 amide bonds. The molecule has 1 atom stereocenters. The lowest BCUT2D eigenvalue weighted by Crippen LogP contribution is -2.56. The van der Waals surface area contributed by atoms with Crippen molar-refractivity contribution < 1.29 is 14.1 Å². The van der Waals surface area contributed by atoms with Crippen molar-refractivity contribution >= 4 is 17.2 Å². The number of carbonyl (C=O) groups is 1. The minimum Gasteiger partial charge on any atom is -0.617 e. The summed E-state index contributed by atoms with van der Waals surface area (Å²) in [7, 11) is 5.99. The van der Waals surface area contributed by atoms with E-state index >= 15 is 0 Å². The molecule has 1 heterocycles. The molecule has 1 unspecified atom stereocenters. The molecular weight excluding hydrogens is 446 g/mol. The van der Waals surface area contributed by atoms with E-state index < -0.39 is 11.2 Å². The Balaban J connectivity index is 1.57. The predicted octanol–water partition coefficient (Wildman–Crippen LogP) is 4.08. The maximum absolute atomic E-state index is 13.6. The minimum atomic E-state index is -0.937. The Bertz CT molecular complexity index is 957. The molecule has 1 aliphatic carbocycles. The molecule has 2 aliphatic rings. The van der Waals surface area contributed by atoms with Crippen LogP contribution in [0.4, 0.5) is 4.79 Å². The van der Waals surface area contributed by atoms with Crippen LogP contribution < -0.4 is 4.74 Å². The Labute approximate surface area is 207 Å². The number of methoxy groups -OCH3 is 1. The van der Waals surface area contributed by atoms with Gasteiger partial charge < -0.3 is 19.1 Å². The molecule has 2 aromatic rings. The Hall–Kier alpha value is -2.22. The summed E-state index contributed by atoms with van der Waals surface area (Å²) in [5.41, 5.74) is 2.19. The van der Waals surface area contributed by atoms with Crippen LogP contribution in [0.15, 0.2) is 54.6 Å². The third-order valence-corrected chi connectivity index (χ3v) is 8.63. The van der Waals surface area contributed by atoms with Gasteiger partial charge in [-0.05, 0) is 63.0 Å². The van der Waals surface area contributed by atoms with Crippen molar-refractivity contribution in [2.75, 3.05) is 46.3 Å². The number of ether oxygens (including phenoxy) is 1. The van der Waals surface area contributed by atoms with E-state index in [0.717, 1.165) is 37.0 Å². The molecule has 1 saturated heterocycles. The number of benzene rings is 2. The van der Waals surface area contributed by atoms with Crippen LogP contribution in [0.5, 0.6) is 5.75 Å². The molecular formula is C27H37N3O3S. The summed E-state index contributed by atoms with van der Waals surface area (Å²) in [5, 5.41) is 0. The van der Waals surface area contributed by atoms with Crippen molar-refractivity contribution in [3.05, 3.63) is 65.7 Å². The first-order valence-corrected chi connectivity index (χ1v) is 13.7. The summed E-state index contributed by atoms with van der Waals surface area (Å²) in [4.78, 5) is 20.0. The van der Waals surface area contributed by atoms with Gasteiger partial charge in [0.05, 0.1) is 25.4 Å². The van der Waals surface area contributed by atoms with Crippen molar-refractivity contribution in [2.24, 2.45) is 0 Å². The maximum Gasteiger partial charge on any atom is 0.321 e. The van der Waals surface area contributed by atoms with E-state index in [1.165, 1.54) is 5.56 Å². The number of hydrogen-bond donors (Lipinski definition) is 0. The van der Waals surface area contributed by atoms with Crippen molar-refractivity contribution in [3.8, 4) is 5.75 Å². The van der Waals surface area contributed by atoms with Crippen LogP contribution in [0.1, 0.15) is 36.8 Å². The summed E-state index contributed by atoms with van der Waals surface area (Å²) in [6.07, 6.45) is 5.55. The average molecular weight is 484 g/mol. The van der Waals surface area contributed by atoms with E-state index in [1.807, 2.05) is 34.1 Å². The van der Waals surface area contributed by atoms with Gasteiger partial charge in [0.25, 0.3) is 0 Å². The van der Waals surface area contributed by atoms with Gasteiger partial charge in [0.2, 0.25) is 0 Å². The Kier molecular flexibility index (Phi) is 7.45. The van der Waals surface area contributed by atoms with Crippen LogP contribution in [0, 0.1) is 0 Å². The zero-order valence-corrected chi connectivity index (χ0v) is 21.6. The molecule has 7 heteroatoms. The summed E-state index contributed by atoms with van der Waals surface area (Å²) in [6, 6.07) is 18.7. The zero-order chi connectivity index (χ0) is 24.3. The van der Waals surface area contributed by atoms with Crippen molar-refractivity contribution in [1.29, 1.82) is 0 Å². The highest BCUT2D eigenvalue weighted by Gasteiger charge is 2.54. The van der Waals surface area contributed by atoms with Crippen LogP contribution >= 0.6 is 0 Å². The van der Waals surface area contributed by atoms with Gasteiger partial charge in [0.15, 0.2) is 0 Å². The third-order valence-electron chi connectivity index (χ3n) is 7.87. The van der Waals surface area contributed by atoms with Crippen LogP contribution in [-0.4, -0.2) is 77.1 Å². The second-order valence-corrected chi connectivity index (χ2v) is 11.5. The second kappa shape index (κ2) is 10.2. The number of amides is 2. The normalized spacial score (nSPS) is 25.9. The topological polar surface area (TPSA) is 59.1 Å². The highest BCUT2D eigenvalue weighted by Crippen LogP contribution is 2.49. The molecule has 34 heavy (non-hydrogen) atoms. The predicted molar refractivity (Wildman–Crippen MR) is 137 cm³/mol. The first-order chi connectivity index (χ1) is 16.3. The molecule has 1 spiro atoms. The average Bonchev–Trinajstić information content (AvgIpc) is 3.09. The van der Waals surface area contributed by atoms with Crippen molar-refractivity contribution in [3.63, 3.8) is 0 Å². The second-order valence-electron chi connectivity index (χ2n) is 9.93. The van der Waals surface area contributed by atoms with E-state index in [-0.39, 0.29) is 17.1 Å². The van der Waals surface area contributed by atoms with E-state index in [2.05, 4.69) is 49.3 Å². The fraction of sp³-hybridized carbons (Fsp3) is 0.519. The molecule has 1 saturated carbocycles. The van der Waals surface area contributed by atoms with Gasteiger partial charge in [-0.1, -0.05) is 53.6 Å². The molecule has 6 nitrogen and oxygen atoms in total. The van der Waals surface area contributed by atoms with Gasteiger partial charge in [-0.15, -0.1) is 0 Å². The fourth-order valence-electron chi connectivity index (χ4n) is 5.81. The molecule has 1 aliphatic heterocycles. The quantitative estimate of drug-likeness (QED) is 0.531. The standard InChI is InChI=1S/C27H37N3O3S/c1-28(2)27(23-8-6-5-7-9-23)16-14-26(15-17-27)21-29(25(31)30(26)18-19-34(4)32)20-22-10-12-24(33-3)13-11-22/h5-13H,14-21H2,1-4H3/t26-,27-,34?. The molecule has 0 radical (unpaired) electrons. The number of rotatable bonds is 8. The Morgan fingerprint density at radius 3 is 2.24 bits per heavy atom. The van der Waals surface area contributed by atoms with E-state index in [9.17, 15) is 9.35 Å². The third kappa shape index (κ3) is 4.79. The first-order valence-electron chi connectivity index (χ1n) is 12.0. The van der Waals surface area contributed by atoms with Gasteiger partial charge in [-0.2, -0.15) is 0 Å². The van der Waals surface area contributed by atoms with E-state index in [0.29, 0.717) is 25.4 Å². The monoisotopic (exact) mass is 483 g/mol. The fourth-order valence-corrected chi connectivity index (χ4v) is 6.25. The largest absolute Gasteiger partial charge is 0.617 e. The van der Waals surface area contributed by atoms with Crippen molar-refractivity contribution in [2.45, 2.75) is 43.3 Å². The molecule has 0 bridgehead atoms. The highest BCUT2D eigenvalue weighted by atomic mass is 32.2. The SMILES string of the molecule is COc1ccc(CN2C[C@]3(CC[C@@](c4ccccc4)(N(C)C)CC3)N(CC[S+](C)[O-])C2=O)cc1. The van der Waals surface area contributed by atoms with E-state index in [1.54, 1.807) is 13.4 Å². The summed E-state index contributed by atoms with van der Waals surface area (Å²) >= 11 is -0.937. The van der Waals surface area contributed by atoms with Gasteiger partial charge in [-0.25, -0.2) is 4.79 Å². The number of urea groups is 1. The lowest BCUT2D eigenvalue weighted by atomic mass is 9.68. The lowest BCUT2D eigenvalue weighted by molar-refractivity contribution is 0.0263. The maximum atomic E-state index is 13.6. The molecule has 2 fully saturated rings. The van der Waals surface area contributed by atoms with Crippen LogP contribution in [0.25, 0.3) is 0 Å². The molecule has 0 N–H and O–H groups in total. The van der Waals surface area contributed by atoms with Gasteiger partial charge in [0.1, 0.15) is 11.5 Å². The number of carbonyl (C=O) groups excluding carboxylic acids is 1. The van der Waals surface area contributed by atoms with E-state index in [4.69, 9.17) is 4.74 Å². The minimum absolute atomic E-state index is 0.0296. The Morgan fingerprint density at radius 1 is 1.03 bits per heavy atom. The molecule has 2 aromatic carbocycles. The lowest BCUT2D eigenvalue weighted by Gasteiger charge is -2.51. The highest BCUT2D eigenvalue weighted by molar-refractivity contribution is 7.90. The molecule has 0 aromatic heterocycles. The smallest absolute Gasteiger partial charge is 0.321 e. The summed E-state index contributed by atoms with van der Waals surface area (Å²) < 4.78 is 17.2. The molecule has 4 rings (SSSR count).